The maximum absolute atomic E-state index is 12.3. The van der Waals surface area contributed by atoms with E-state index in [4.69, 9.17) is 9.52 Å². The Bertz CT molecular complexity index is 724. The maximum Gasteiger partial charge on any atom is 0.339 e. The average Bonchev–Trinajstić information content (AvgIpc) is 3.11. The van der Waals surface area contributed by atoms with Crippen molar-refractivity contribution in [3.8, 4) is 0 Å². The van der Waals surface area contributed by atoms with Crippen LogP contribution < -0.4 is 5.32 Å². The van der Waals surface area contributed by atoms with E-state index < -0.39 is 27.9 Å². The maximum atomic E-state index is 12.3. The van der Waals surface area contributed by atoms with Gasteiger partial charge in [-0.3, -0.25) is 4.79 Å². The van der Waals surface area contributed by atoms with Gasteiger partial charge in [-0.25, -0.2) is 13.2 Å². The summed E-state index contributed by atoms with van der Waals surface area (Å²) in [4.78, 5) is 23.3. The summed E-state index contributed by atoms with van der Waals surface area (Å²) < 4.78 is 31.0. The first kappa shape index (κ1) is 18.5. The normalized spacial score (nSPS) is 18.7. The minimum atomic E-state index is -3.43. The molecule has 1 aliphatic heterocycles. The van der Waals surface area contributed by atoms with Crippen molar-refractivity contribution in [1.82, 2.24) is 9.62 Å². The van der Waals surface area contributed by atoms with Crippen molar-refractivity contribution in [1.29, 1.82) is 0 Å². The highest BCUT2D eigenvalue weighted by molar-refractivity contribution is 7.89. The number of carbonyl (C=O) groups is 2. The van der Waals surface area contributed by atoms with E-state index in [0.29, 0.717) is 31.6 Å². The summed E-state index contributed by atoms with van der Waals surface area (Å²) in [5.74, 6) is -0.880. The van der Waals surface area contributed by atoms with Crippen molar-refractivity contribution in [2.45, 2.75) is 45.7 Å². The summed E-state index contributed by atoms with van der Waals surface area (Å²) in [6, 6.07) is 0.648. The van der Waals surface area contributed by atoms with E-state index in [-0.39, 0.29) is 23.6 Å². The fraction of sp³-hybridized carbons (Fsp3) is 0.600. The number of hydrogen-bond donors (Lipinski definition) is 2. The van der Waals surface area contributed by atoms with E-state index in [0.717, 1.165) is 0 Å². The zero-order valence-electron chi connectivity index (χ0n) is 13.7. The van der Waals surface area contributed by atoms with Crippen LogP contribution in [0.25, 0.3) is 0 Å². The monoisotopic (exact) mass is 358 g/mol. The number of sulfonamides is 1. The topological polar surface area (TPSA) is 117 Å². The molecule has 0 bridgehead atoms. The van der Waals surface area contributed by atoms with Crippen molar-refractivity contribution < 1.29 is 27.5 Å². The number of amides is 1. The number of nitrogens with one attached hydrogen (secondary N) is 1. The summed E-state index contributed by atoms with van der Waals surface area (Å²) in [6.45, 7) is 3.68. The van der Waals surface area contributed by atoms with Gasteiger partial charge in [0.25, 0.3) is 0 Å². The zero-order valence-corrected chi connectivity index (χ0v) is 14.6. The summed E-state index contributed by atoms with van der Waals surface area (Å²) in [5.41, 5.74) is 0.0484. The lowest BCUT2D eigenvalue weighted by molar-refractivity contribution is -0.124. The molecule has 1 saturated heterocycles. The lowest BCUT2D eigenvalue weighted by Crippen LogP contribution is -2.46. The van der Waals surface area contributed by atoms with Crippen LogP contribution in [0.4, 0.5) is 0 Å². The first-order chi connectivity index (χ1) is 11.3. The van der Waals surface area contributed by atoms with Gasteiger partial charge in [-0.15, -0.1) is 0 Å². The molecule has 0 radical (unpaired) electrons. The van der Waals surface area contributed by atoms with E-state index in [1.807, 2.05) is 0 Å². The molecule has 1 unspecified atom stereocenters. The molecule has 2 rings (SSSR count). The van der Waals surface area contributed by atoms with E-state index in [1.165, 1.54) is 17.3 Å². The predicted molar refractivity (Wildman–Crippen MR) is 86.1 cm³/mol. The fourth-order valence-corrected chi connectivity index (χ4v) is 4.59. The number of hydrogen-bond acceptors (Lipinski definition) is 5. The van der Waals surface area contributed by atoms with Crippen molar-refractivity contribution in [2.24, 2.45) is 0 Å². The molecule has 2 heterocycles. The highest BCUT2D eigenvalue weighted by Crippen LogP contribution is 2.22. The Labute approximate surface area is 140 Å². The third-order valence-electron chi connectivity index (χ3n) is 3.96. The van der Waals surface area contributed by atoms with Gasteiger partial charge in [0.05, 0.1) is 12.3 Å². The van der Waals surface area contributed by atoms with E-state index >= 15 is 0 Å². The number of carboxylic acids is 1. The van der Waals surface area contributed by atoms with Crippen LogP contribution in [0.3, 0.4) is 0 Å². The van der Waals surface area contributed by atoms with Crippen LogP contribution in [0.1, 0.15) is 48.1 Å². The molecule has 1 atom stereocenters. The summed E-state index contributed by atoms with van der Waals surface area (Å²) in [5, 5.41) is 11.6. The molecule has 0 saturated carbocycles. The first-order valence-electron chi connectivity index (χ1n) is 7.86. The number of aryl methyl sites for hydroxylation is 1. The van der Waals surface area contributed by atoms with Gasteiger partial charge in [-0.2, -0.15) is 4.31 Å². The highest BCUT2D eigenvalue weighted by atomic mass is 32.2. The minimum absolute atomic E-state index is 0.0190. The summed E-state index contributed by atoms with van der Waals surface area (Å²) >= 11 is 0. The Morgan fingerprint density at radius 3 is 2.75 bits per heavy atom. The van der Waals surface area contributed by atoms with Gasteiger partial charge in [0.2, 0.25) is 15.9 Å². The van der Waals surface area contributed by atoms with Crippen molar-refractivity contribution in [2.75, 3.05) is 12.3 Å². The quantitative estimate of drug-likeness (QED) is 0.754. The number of carboxylic acid groups (broad SMARTS) is 1. The van der Waals surface area contributed by atoms with Crippen LogP contribution >= 0.6 is 0 Å². The molecular weight excluding hydrogens is 336 g/mol. The number of aromatic carboxylic acids is 1. The van der Waals surface area contributed by atoms with Gasteiger partial charge in [0.1, 0.15) is 23.1 Å². The zero-order chi connectivity index (χ0) is 17.9. The Morgan fingerprint density at radius 2 is 2.17 bits per heavy atom. The van der Waals surface area contributed by atoms with Crippen LogP contribution in [0.2, 0.25) is 0 Å². The molecule has 134 valence electrons. The second-order valence-corrected chi connectivity index (χ2v) is 7.83. The van der Waals surface area contributed by atoms with Gasteiger partial charge >= 0.3 is 5.97 Å². The van der Waals surface area contributed by atoms with Crippen LogP contribution in [0.5, 0.6) is 0 Å². The van der Waals surface area contributed by atoms with Gasteiger partial charge in [0.15, 0.2) is 0 Å². The molecule has 1 amide bonds. The van der Waals surface area contributed by atoms with Crippen LogP contribution in [-0.2, 0) is 21.4 Å². The second kappa shape index (κ2) is 7.35. The van der Waals surface area contributed by atoms with Crippen molar-refractivity contribution >= 4 is 21.9 Å². The molecule has 0 aromatic carbocycles. The number of rotatable bonds is 7. The lowest BCUT2D eigenvalue weighted by Gasteiger charge is -2.22. The molecule has 1 fully saturated rings. The molecule has 0 spiro atoms. The van der Waals surface area contributed by atoms with Gasteiger partial charge in [-0.05, 0) is 32.3 Å². The Balaban J connectivity index is 2.01. The molecule has 9 heteroatoms. The molecular formula is C15H22N2O6S. The minimum Gasteiger partial charge on any atom is -0.478 e. The van der Waals surface area contributed by atoms with Crippen molar-refractivity contribution in [3.63, 3.8) is 0 Å². The summed E-state index contributed by atoms with van der Waals surface area (Å²) in [7, 11) is -3.43. The molecule has 1 aromatic heterocycles. The van der Waals surface area contributed by atoms with Crippen LogP contribution in [0.15, 0.2) is 10.5 Å². The number of carbonyl (C=O) groups excluding carboxylic acids is 1. The van der Waals surface area contributed by atoms with Gasteiger partial charge in [0, 0.05) is 6.54 Å². The van der Waals surface area contributed by atoms with Crippen molar-refractivity contribution in [3.05, 3.63) is 23.2 Å². The average molecular weight is 358 g/mol. The van der Waals surface area contributed by atoms with E-state index in [2.05, 4.69) is 5.32 Å². The largest absolute Gasteiger partial charge is 0.478 e. The first-order valence-corrected chi connectivity index (χ1v) is 9.47. The van der Waals surface area contributed by atoms with Crippen LogP contribution in [0, 0.1) is 6.92 Å². The standard InChI is InChI=1S/C15H22N2O6S/c1-3-7-24(21,22)17-6-4-5-13(17)14(18)16-9-11-8-12(15(19)20)10(2)23-11/h8,13H,3-7,9H2,1-2H3,(H,16,18)(H,19,20). The fourth-order valence-electron chi connectivity index (χ4n) is 2.85. The van der Waals surface area contributed by atoms with Crippen LogP contribution in [-0.4, -0.2) is 48.0 Å². The molecule has 1 aromatic rings. The Kier molecular flexibility index (Phi) is 5.66. The second-order valence-electron chi connectivity index (χ2n) is 5.79. The smallest absolute Gasteiger partial charge is 0.339 e. The predicted octanol–water partition coefficient (Wildman–Crippen LogP) is 1.11. The Morgan fingerprint density at radius 1 is 1.46 bits per heavy atom. The van der Waals surface area contributed by atoms with E-state index in [1.54, 1.807) is 6.92 Å². The molecule has 8 nitrogen and oxygen atoms in total. The number of nitrogens with zero attached hydrogens (tertiary/aromatic N) is 1. The SMILES string of the molecule is CCCS(=O)(=O)N1CCCC1C(=O)NCc1cc(C(=O)O)c(C)o1. The van der Waals surface area contributed by atoms with Gasteiger partial charge in [-0.1, -0.05) is 6.92 Å². The molecule has 0 aliphatic carbocycles. The number of furan rings is 1. The molecule has 1 aliphatic rings. The third-order valence-corrected chi connectivity index (χ3v) is 6.04. The Hall–Kier alpha value is -1.87. The molecule has 2 N–H and O–H groups in total. The lowest BCUT2D eigenvalue weighted by atomic mass is 10.2. The van der Waals surface area contributed by atoms with Gasteiger partial charge < -0.3 is 14.8 Å². The molecule has 24 heavy (non-hydrogen) atoms. The third kappa shape index (κ3) is 3.96. The highest BCUT2D eigenvalue weighted by Gasteiger charge is 2.37. The van der Waals surface area contributed by atoms with E-state index in [9.17, 15) is 18.0 Å². The summed E-state index contributed by atoms with van der Waals surface area (Å²) in [6.07, 6.45) is 1.62.